The van der Waals surface area contributed by atoms with Crippen LogP contribution in [0.2, 0.25) is 10.0 Å². The molecule has 0 spiro atoms. The Balaban J connectivity index is 2.40. The minimum atomic E-state index is -3.84. The van der Waals surface area contributed by atoms with Gasteiger partial charge in [-0.05, 0) is 50.1 Å². The van der Waals surface area contributed by atoms with E-state index in [-0.39, 0.29) is 29.2 Å². The summed E-state index contributed by atoms with van der Waals surface area (Å²) in [6.07, 6.45) is 1.74. The van der Waals surface area contributed by atoms with Gasteiger partial charge in [0.1, 0.15) is 12.6 Å². The van der Waals surface area contributed by atoms with Crippen LogP contribution in [0.25, 0.3) is 0 Å². The SMILES string of the molecule is CCC(C)NC(=O)C(C)N(Cc1cccc(Cl)c1)C(=O)CN(c1ccccc1Cl)S(C)(=O)=O. The number of para-hydroxylation sites is 1. The van der Waals surface area contributed by atoms with Gasteiger partial charge in [0, 0.05) is 17.6 Å². The number of nitrogens with zero attached hydrogens (tertiary/aromatic N) is 2. The van der Waals surface area contributed by atoms with Crippen molar-refractivity contribution in [1.29, 1.82) is 0 Å². The zero-order valence-corrected chi connectivity index (χ0v) is 21.4. The average Bonchev–Trinajstić information content (AvgIpc) is 2.75. The zero-order chi connectivity index (χ0) is 24.8. The fourth-order valence-corrected chi connectivity index (χ4v) is 4.49. The van der Waals surface area contributed by atoms with E-state index >= 15 is 0 Å². The number of carbonyl (C=O) groups is 2. The molecule has 0 aliphatic carbocycles. The van der Waals surface area contributed by atoms with Gasteiger partial charge in [-0.2, -0.15) is 0 Å². The molecule has 0 aliphatic rings. The minimum absolute atomic E-state index is 0.0706. The van der Waals surface area contributed by atoms with Crippen LogP contribution in [0.15, 0.2) is 48.5 Å². The Morgan fingerprint density at radius 1 is 1.06 bits per heavy atom. The highest BCUT2D eigenvalue weighted by Crippen LogP contribution is 2.27. The number of hydrogen-bond acceptors (Lipinski definition) is 4. The smallest absolute Gasteiger partial charge is 0.244 e. The first-order valence-corrected chi connectivity index (χ1v) is 13.1. The van der Waals surface area contributed by atoms with Crippen molar-refractivity contribution < 1.29 is 18.0 Å². The second-order valence-corrected chi connectivity index (χ2v) is 10.6. The van der Waals surface area contributed by atoms with Gasteiger partial charge < -0.3 is 10.2 Å². The number of benzene rings is 2. The molecular formula is C23H29Cl2N3O4S. The van der Waals surface area contributed by atoms with Crippen molar-refractivity contribution in [1.82, 2.24) is 10.2 Å². The molecule has 0 saturated carbocycles. The molecule has 0 radical (unpaired) electrons. The lowest BCUT2D eigenvalue weighted by atomic mass is 10.1. The molecule has 33 heavy (non-hydrogen) atoms. The molecule has 0 saturated heterocycles. The Labute approximate surface area is 205 Å². The van der Waals surface area contributed by atoms with E-state index in [1.165, 1.54) is 11.0 Å². The highest BCUT2D eigenvalue weighted by atomic mass is 35.5. The summed E-state index contributed by atoms with van der Waals surface area (Å²) < 4.78 is 26.0. The molecule has 180 valence electrons. The summed E-state index contributed by atoms with van der Waals surface area (Å²) in [5.41, 5.74) is 0.900. The van der Waals surface area contributed by atoms with Crippen LogP contribution in [0.4, 0.5) is 5.69 Å². The molecule has 7 nitrogen and oxygen atoms in total. The molecule has 2 atom stereocenters. The Morgan fingerprint density at radius 3 is 2.30 bits per heavy atom. The van der Waals surface area contributed by atoms with Gasteiger partial charge in [-0.1, -0.05) is 54.4 Å². The molecule has 0 heterocycles. The van der Waals surface area contributed by atoms with Crippen LogP contribution in [0, 0.1) is 0 Å². The van der Waals surface area contributed by atoms with Crippen LogP contribution < -0.4 is 9.62 Å². The van der Waals surface area contributed by atoms with Gasteiger partial charge in [-0.3, -0.25) is 13.9 Å². The van der Waals surface area contributed by atoms with E-state index in [1.807, 2.05) is 13.8 Å². The number of amides is 2. The lowest BCUT2D eigenvalue weighted by Gasteiger charge is -2.32. The minimum Gasteiger partial charge on any atom is -0.352 e. The van der Waals surface area contributed by atoms with Crippen molar-refractivity contribution >= 4 is 50.7 Å². The maximum absolute atomic E-state index is 13.4. The van der Waals surface area contributed by atoms with Gasteiger partial charge in [-0.25, -0.2) is 8.42 Å². The number of anilines is 1. The van der Waals surface area contributed by atoms with Crippen LogP contribution in [-0.4, -0.2) is 50.0 Å². The predicted octanol–water partition coefficient (Wildman–Crippen LogP) is 4.09. The van der Waals surface area contributed by atoms with Crippen LogP contribution in [-0.2, 0) is 26.2 Å². The monoisotopic (exact) mass is 513 g/mol. The average molecular weight is 514 g/mol. The number of nitrogens with one attached hydrogen (secondary N) is 1. The zero-order valence-electron chi connectivity index (χ0n) is 19.1. The van der Waals surface area contributed by atoms with Crippen molar-refractivity contribution in [2.75, 3.05) is 17.1 Å². The van der Waals surface area contributed by atoms with E-state index in [4.69, 9.17) is 23.2 Å². The van der Waals surface area contributed by atoms with Gasteiger partial charge in [0.2, 0.25) is 21.8 Å². The maximum atomic E-state index is 13.4. The number of hydrogen-bond donors (Lipinski definition) is 1. The molecule has 2 unspecified atom stereocenters. The first-order chi connectivity index (χ1) is 15.4. The molecule has 10 heteroatoms. The van der Waals surface area contributed by atoms with Crippen molar-refractivity contribution in [3.05, 3.63) is 64.1 Å². The molecule has 2 aromatic rings. The van der Waals surface area contributed by atoms with E-state index in [0.29, 0.717) is 10.6 Å². The van der Waals surface area contributed by atoms with E-state index in [0.717, 1.165) is 17.0 Å². The summed E-state index contributed by atoms with van der Waals surface area (Å²) in [4.78, 5) is 27.6. The molecular weight excluding hydrogens is 485 g/mol. The molecule has 0 fully saturated rings. The summed E-state index contributed by atoms with van der Waals surface area (Å²) in [6.45, 7) is 4.99. The normalized spacial score (nSPS) is 13.2. The van der Waals surface area contributed by atoms with Crippen LogP contribution in [0.5, 0.6) is 0 Å². The number of sulfonamides is 1. The van der Waals surface area contributed by atoms with E-state index in [9.17, 15) is 18.0 Å². The van der Waals surface area contributed by atoms with Crippen LogP contribution >= 0.6 is 23.2 Å². The van der Waals surface area contributed by atoms with E-state index in [1.54, 1.807) is 49.4 Å². The third kappa shape index (κ3) is 7.62. The highest BCUT2D eigenvalue weighted by molar-refractivity contribution is 7.92. The number of halogens is 2. The second-order valence-electron chi connectivity index (χ2n) is 7.87. The van der Waals surface area contributed by atoms with Gasteiger partial charge in [0.25, 0.3) is 0 Å². The molecule has 2 aromatic carbocycles. The van der Waals surface area contributed by atoms with E-state index < -0.39 is 28.5 Å². The molecule has 0 aliphatic heterocycles. The van der Waals surface area contributed by atoms with Crippen LogP contribution in [0.1, 0.15) is 32.8 Å². The molecule has 2 rings (SSSR count). The fourth-order valence-electron chi connectivity index (χ4n) is 3.13. The molecule has 0 aromatic heterocycles. The second kappa shape index (κ2) is 11.7. The quantitative estimate of drug-likeness (QED) is 0.518. The third-order valence-electron chi connectivity index (χ3n) is 5.21. The Kier molecular flexibility index (Phi) is 9.57. The Bertz CT molecular complexity index is 1090. The first kappa shape index (κ1) is 27.0. The summed E-state index contributed by atoms with van der Waals surface area (Å²) in [5, 5.41) is 3.56. The van der Waals surface area contributed by atoms with Crippen molar-refractivity contribution in [3.63, 3.8) is 0 Å². The topological polar surface area (TPSA) is 86.8 Å². The van der Waals surface area contributed by atoms with Gasteiger partial charge in [-0.15, -0.1) is 0 Å². The third-order valence-corrected chi connectivity index (χ3v) is 6.89. The van der Waals surface area contributed by atoms with Crippen molar-refractivity contribution in [2.45, 2.75) is 45.8 Å². The standard InChI is InChI=1S/C23H29Cl2N3O4S/c1-5-16(2)26-23(30)17(3)27(14-18-9-8-10-19(24)13-18)22(29)15-28(33(4,31)32)21-12-7-6-11-20(21)25/h6-13,16-17H,5,14-15H2,1-4H3,(H,26,30). The lowest BCUT2D eigenvalue weighted by molar-refractivity contribution is -0.139. The lowest BCUT2D eigenvalue weighted by Crippen LogP contribution is -2.52. The first-order valence-electron chi connectivity index (χ1n) is 10.5. The predicted molar refractivity (Wildman–Crippen MR) is 133 cm³/mol. The summed E-state index contributed by atoms with van der Waals surface area (Å²) in [5.74, 6) is -0.879. The summed E-state index contributed by atoms with van der Waals surface area (Å²) in [7, 11) is -3.84. The summed E-state index contributed by atoms with van der Waals surface area (Å²) in [6, 6.07) is 12.4. The van der Waals surface area contributed by atoms with Crippen molar-refractivity contribution in [3.8, 4) is 0 Å². The highest BCUT2D eigenvalue weighted by Gasteiger charge is 2.31. The van der Waals surface area contributed by atoms with Gasteiger partial charge in [0.15, 0.2) is 0 Å². The van der Waals surface area contributed by atoms with Crippen molar-refractivity contribution in [2.24, 2.45) is 0 Å². The molecule has 0 bridgehead atoms. The van der Waals surface area contributed by atoms with Gasteiger partial charge in [0.05, 0.1) is 17.0 Å². The van der Waals surface area contributed by atoms with E-state index in [2.05, 4.69) is 5.32 Å². The van der Waals surface area contributed by atoms with Gasteiger partial charge >= 0.3 is 0 Å². The summed E-state index contributed by atoms with van der Waals surface area (Å²) >= 11 is 12.3. The molecule has 2 amide bonds. The number of rotatable bonds is 10. The maximum Gasteiger partial charge on any atom is 0.244 e. The fraction of sp³-hybridized carbons (Fsp3) is 0.391. The Morgan fingerprint density at radius 2 is 1.73 bits per heavy atom. The Hall–Kier alpha value is -2.29. The number of carbonyl (C=O) groups excluding carboxylic acids is 2. The largest absolute Gasteiger partial charge is 0.352 e. The van der Waals surface area contributed by atoms with Crippen LogP contribution in [0.3, 0.4) is 0 Å². The molecule has 1 N–H and O–H groups in total.